The maximum atomic E-state index is 11.5. The molecule has 0 aliphatic carbocycles. The highest BCUT2D eigenvalue weighted by Crippen LogP contribution is 2.22. The van der Waals surface area contributed by atoms with Crippen molar-refractivity contribution >= 4 is 16.7 Å². The molecule has 0 atom stereocenters. The molecule has 0 radical (unpaired) electrons. The quantitative estimate of drug-likeness (QED) is 0.612. The number of carbonyl (C=O) groups excluding carboxylic acids is 1. The fraction of sp³-hybridized carbons (Fsp3) is 0.267. The Kier molecular flexibility index (Phi) is 4.36. The highest BCUT2D eigenvalue weighted by atomic mass is 16.7. The molecule has 2 rings (SSSR count). The van der Waals surface area contributed by atoms with Crippen LogP contribution >= 0.6 is 0 Å². The van der Waals surface area contributed by atoms with Gasteiger partial charge < -0.3 is 14.2 Å². The SMILES string of the molecule is COCOC(=O)Cc1ccc2cc(OC)ccc2c1. The van der Waals surface area contributed by atoms with E-state index in [0.29, 0.717) is 0 Å². The van der Waals surface area contributed by atoms with Gasteiger partial charge in [0.1, 0.15) is 5.75 Å². The summed E-state index contributed by atoms with van der Waals surface area (Å²) in [4.78, 5) is 11.5. The van der Waals surface area contributed by atoms with Gasteiger partial charge in [0.05, 0.1) is 13.5 Å². The zero-order chi connectivity index (χ0) is 13.7. The number of hydrogen-bond acceptors (Lipinski definition) is 4. The van der Waals surface area contributed by atoms with Crippen LogP contribution in [-0.2, 0) is 20.7 Å². The maximum absolute atomic E-state index is 11.5. The van der Waals surface area contributed by atoms with E-state index in [2.05, 4.69) is 4.74 Å². The third-order valence-corrected chi connectivity index (χ3v) is 2.80. The number of ether oxygens (including phenoxy) is 3. The van der Waals surface area contributed by atoms with E-state index in [9.17, 15) is 4.79 Å². The molecule has 2 aromatic carbocycles. The van der Waals surface area contributed by atoms with Crippen molar-refractivity contribution in [2.75, 3.05) is 21.0 Å². The standard InChI is InChI=1S/C15H16O4/c1-17-10-19-15(16)8-11-3-4-13-9-14(18-2)6-5-12(13)7-11/h3-7,9H,8,10H2,1-2H3. The van der Waals surface area contributed by atoms with Crippen LogP contribution in [0.3, 0.4) is 0 Å². The molecule has 2 aromatic rings. The van der Waals surface area contributed by atoms with E-state index in [-0.39, 0.29) is 19.2 Å². The molecule has 0 aliphatic rings. The molecule has 4 heteroatoms. The molecule has 0 spiro atoms. The fourth-order valence-corrected chi connectivity index (χ4v) is 1.85. The van der Waals surface area contributed by atoms with Gasteiger partial charge in [0.15, 0.2) is 6.79 Å². The minimum Gasteiger partial charge on any atom is -0.497 e. The summed E-state index contributed by atoms with van der Waals surface area (Å²) in [6.45, 7) is -0.0103. The summed E-state index contributed by atoms with van der Waals surface area (Å²) in [6.07, 6.45) is 0.241. The van der Waals surface area contributed by atoms with Crippen LogP contribution in [0.4, 0.5) is 0 Å². The average molecular weight is 260 g/mol. The number of hydrogen-bond donors (Lipinski definition) is 0. The second-order valence-electron chi connectivity index (χ2n) is 4.15. The average Bonchev–Trinajstić information content (AvgIpc) is 2.44. The maximum Gasteiger partial charge on any atom is 0.312 e. The Morgan fingerprint density at radius 3 is 2.53 bits per heavy atom. The molecule has 19 heavy (non-hydrogen) atoms. The molecule has 0 aliphatic heterocycles. The van der Waals surface area contributed by atoms with Crippen molar-refractivity contribution in [3.05, 3.63) is 42.0 Å². The summed E-state index contributed by atoms with van der Waals surface area (Å²) in [6, 6.07) is 11.7. The number of esters is 1. The van der Waals surface area contributed by atoms with Gasteiger partial charge in [-0.3, -0.25) is 4.79 Å². The molecule has 0 heterocycles. The van der Waals surface area contributed by atoms with Crippen molar-refractivity contribution in [3.63, 3.8) is 0 Å². The van der Waals surface area contributed by atoms with Crippen LogP contribution in [0.2, 0.25) is 0 Å². The topological polar surface area (TPSA) is 44.8 Å². The van der Waals surface area contributed by atoms with Crippen LogP contribution < -0.4 is 4.74 Å². The molecular weight excluding hydrogens is 244 g/mol. The normalized spacial score (nSPS) is 10.4. The zero-order valence-electron chi connectivity index (χ0n) is 11.0. The largest absolute Gasteiger partial charge is 0.497 e. The van der Waals surface area contributed by atoms with E-state index >= 15 is 0 Å². The number of methoxy groups -OCH3 is 2. The lowest BCUT2D eigenvalue weighted by Crippen LogP contribution is -2.09. The van der Waals surface area contributed by atoms with Crippen LogP contribution in [0.15, 0.2) is 36.4 Å². The molecule has 0 N–H and O–H groups in total. The lowest BCUT2D eigenvalue weighted by atomic mass is 10.0. The first kappa shape index (κ1) is 13.4. The number of fused-ring (bicyclic) bond motifs is 1. The van der Waals surface area contributed by atoms with Gasteiger partial charge in [-0.2, -0.15) is 0 Å². The Bertz CT molecular complexity index is 577. The van der Waals surface area contributed by atoms with E-state index in [4.69, 9.17) is 9.47 Å². The van der Waals surface area contributed by atoms with Gasteiger partial charge in [-0.15, -0.1) is 0 Å². The van der Waals surface area contributed by atoms with Crippen molar-refractivity contribution in [1.82, 2.24) is 0 Å². The molecule has 100 valence electrons. The highest BCUT2D eigenvalue weighted by Gasteiger charge is 2.05. The predicted molar refractivity (Wildman–Crippen MR) is 72.2 cm³/mol. The summed E-state index contributed by atoms with van der Waals surface area (Å²) >= 11 is 0. The van der Waals surface area contributed by atoms with Crippen LogP contribution in [0.1, 0.15) is 5.56 Å². The Hall–Kier alpha value is -2.07. The van der Waals surface area contributed by atoms with E-state index in [1.807, 2.05) is 36.4 Å². The summed E-state index contributed by atoms with van der Waals surface area (Å²) in [5.74, 6) is 0.523. The third-order valence-electron chi connectivity index (χ3n) is 2.80. The Morgan fingerprint density at radius 1 is 1.05 bits per heavy atom. The zero-order valence-corrected chi connectivity index (χ0v) is 11.0. The van der Waals surface area contributed by atoms with Gasteiger partial charge in [-0.05, 0) is 28.5 Å². The Morgan fingerprint density at radius 2 is 1.79 bits per heavy atom. The van der Waals surface area contributed by atoms with Gasteiger partial charge >= 0.3 is 5.97 Å². The van der Waals surface area contributed by atoms with Crippen molar-refractivity contribution in [3.8, 4) is 5.75 Å². The van der Waals surface area contributed by atoms with Crippen LogP contribution in [0, 0.1) is 0 Å². The minimum atomic E-state index is -0.297. The first-order valence-electron chi connectivity index (χ1n) is 5.94. The third kappa shape index (κ3) is 3.45. The molecule has 0 aromatic heterocycles. The van der Waals surface area contributed by atoms with E-state index < -0.39 is 0 Å². The van der Waals surface area contributed by atoms with Gasteiger partial charge in [-0.25, -0.2) is 0 Å². The van der Waals surface area contributed by atoms with Crippen molar-refractivity contribution in [2.45, 2.75) is 6.42 Å². The molecular formula is C15H16O4. The second kappa shape index (κ2) is 6.20. The second-order valence-corrected chi connectivity index (χ2v) is 4.15. The molecule has 0 bridgehead atoms. The summed E-state index contributed by atoms with van der Waals surface area (Å²) in [5, 5.41) is 2.14. The van der Waals surface area contributed by atoms with Crippen LogP contribution in [0.5, 0.6) is 5.75 Å². The Labute approximate surface area is 111 Å². The molecule has 4 nitrogen and oxygen atoms in total. The summed E-state index contributed by atoms with van der Waals surface area (Å²) in [5.41, 5.74) is 0.916. The molecule has 0 fully saturated rings. The fourth-order valence-electron chi connectivity index (χ4n) is 1.85. The van der Waals surface area contributed by atoms with Gasteiger partial charge in [0.2, 0.25) is 0 Å². The van der Waals surface area contributed by atoms with E-state index in [1.165, 1.54) is 7.11 Å². The minimum absolute atomic E-state index is 0.0103. The number of carbonyl (C=O) groups is 1. The van der Waals surface area contributed by atoms with Crippen LogP contribution in [-0.4, -0.2) is 27.0 Å². The monoisotopic (exact) mass is 260 g/mol. The molecule has 0 saturated heterocycles. The van der Waals surface area contributed by atoms with Gasteiger partial charge in [0.25, 0.3) is 0 Å². The first-order valence-corrected chi connectivity index (χ1v) is 5.94. The lowest BCUT2D eigenvalue weighted by Gasteiger charge is -2.06. The van der Waals surface area contributed by atoms with Gasteiger partial charge in [-0.1, -0.05) is 24.3 Å². The van der Waals surface area contributed by atoms with Crippen LogP contribution in [0.25, 0.3) is 10.8 Å². The predicted octanol–water partition coefficient (Wildman–Crippen LogP) is 2.54. The van der Waals surface area contributed by atoms with E-state index in [0.717, 1.165) is 22.1 Å². The Balaban J connectivity index is 2.15. The summed E-state index contributed by atoms with van der Waals surface area (Å²) in [7, 11) is 3.12. The molecule has 0 amide bonds. The highest BCUT2D eigenvalue weighted by molar-refractivity contribution is 5.85. The van der Waals surface area contributed by atoms with Crippen molar-refractivity contribution in [1.29, 1.82) is 0 Å². The lowest BCUT2D eigenvalue weighted by molar-refractivity contribution is -0.153. The molecule has 0 unspecified atom stereocenters. The summed E-state index contributed by atoms with van der Waals surface area (Å²) < 4.78 is 14.7. The number of benzene rings is 2. The number of rotatable bonds is 5. The van der Waals surface area contributed by atoms with Crippen molar-refractivity contribution in [2.24, 2.45) is 0 Å². The molecule has 0 saturated carbocycles. The van der Waals surface area contributed by atoms with E-state index in [1.54, 1.807) is 7.11 Å². The first-order chi connectivity index (χ1) is 9.22. The smallest absolute Gasteiger partial charge is 0.312 e. The van der Waals surface area contributed by atoms with Gasteiger partial charge in [0, 0.05) is 7.11 Å². The van der Waals surface area contributed by atoms with Crippen molar-refractivity contribution < 1.29 is 19.0 Å².